The summed E-state index contributed by atoms with van der Waals surface area (Å²) < 4.78 is 11.7. The van der Waals surface area contributed by atoms with E-state index in [4.69, 9.17) is 9.47 Å². The molecule has 0 unspecified atom stereocenters. The van der Waals surface area contributed by atoms with Gasteiger partial charge in [0.2, 0.25) is 0 Å². The number of carbonyl (C=O) groups is 2. The van der Waals surface area contributed by atoms with E-state index >= 15 is 0 Å². The second-order valence-electron chi connectivity index (χ2n) is 10.5. The Hall–Kier alpha value is -4.32. The third-order valence-electron chi connectivity index (χ3n) is 6.75. The van der Waals surface area contributed by atoms with Crippen molar-refractivity contribution in [3.8, 4) is 16.9 Å². The number of aliphatic carboxylic acids is 1. The largest absolute Gasteiger partial charge is 0.488 e. The van der Waals surface area contributed by atoms with E-state index in [-0.39, 0.29) is 24.5 Å². The lowest BCUT2D eigenvalue weighted by Crippen LogP contribution is -2.43. The first kappa shape index (κ1) is 25.3. The van der Waals surface area contributed by atoms with Crippen molar-refractivity contribution in [1.29, 1.82) is 0 Å². The molecule has 0 heterocycles. The van der Waals surface area contributed by atoms with Crippen molar-refractivity contribution >= 4 is 22.8 Å². The number of carbonyl (C=O) groups excluding carboxylic acids is 1. The van der Waals surface area contributed by atoms with E-state index in [1.807, 2.05) is 93.6 Å². The number of benzene rings is 4. The summed E-state index contributed by atoms with van der Waals surface area (Å²) in [6.45, 7) is 6.06. The molecule has 4 aromatic rings. The molecule has 0 aliphatic heterocycles. The van der Waals surface area contributed by atoms with Gasteiger partial charge in [-0.1, -0.05) is 78.9 Å². The van der Waals surface area contributed by atoms with Crippen LogP contribution in [0.3, 0.4) is 0 Å². The van der Waals surface area contributed by atoms with Crippen LogP contribution in [0.5, 0.6) is 5.75 Å². The van der Waals surface area contributed by atoms with E-state index in [1.165, 1.54) is 0 Å². The molecule has 2 N–H and O–H groups in total. The van der Waals surface area contributed by atoms with E-state index < -0.39 is 18.1 Å². The smallest absolute Gasteiger partial charge is 0.407 e. The van der Waals surface area contributed by atoms with E-state index in [9.17, 15) is 14.7 Å². The summed E-state index contributed by atoms with van der Waals surface area (Å²) in [7, 11) is 0. The summed E-state index contributed by atoms with van der Waals surface area (Å²) >= 11 is 0. The van der Waals surface area contributed by atoms with E-state index in [2.05, 4.69) is 17.4 Å². The van der Waals surface area contributed by atoms with Gasteiger partial charge in [-0.2, -0.15) is 0 Å². The molecule has 4 aromatic carbocycles. The molecule has 0 aromatic heterocycles. The molecule has 1 aliphatic carbocycles. The van der Waals surface area contributed by atoms with E-state index in [0.717, 1.165) is 44.3 Å². The van der Waals surface area contributed by atoms with Crippen molar-refractivity contribution in [3.63, 3.8) is 0 Å². The number of carboxylic acids is 1. The highest BCUT2D eigenvalue weighted by Gasteiger charge is 2.30. The minimum absolute atomic E-state index is 0.101. The van der Waals surface area contributed by atoms with Crippen molar-refractivity contribution in [1.82, 2.24) is 5.32 Å². The molecule has 5 rings (SSSR count). The normalized spacial score (nSPS) is 13.4. The molecule has 1 aliphatic rings. The molecular weight excluding hydrogens is 478 g/mol. The Morgan fingerprint density at radius 2 is 1.42 bits per heavy atom. The minimum atomic E-state index is -1.15. The quantitative estimate of drug-likeness (QED) is 0.295. The number of hydrogen-bond acceptors (Lipinski definition) is 4. The SMILES string of the molecule is CC(C)(C)Oc1ccc(C[C@@H](NC(=O)OCC2c3ccccc3-c3ccccc32)C(=O)O)c2ccccc12. The molecule has 0 saturated carbocycles. The van der Waals surface area contributed by atoms with Gasteiger partial charge in [-0.05, 0) is 60.0 Å². The molecular formula is C32H31NO5. The van der Waals surface area contributed by atoms with Gasteiger partial charge in [0.05, 0.1) is 0 Å². The fourth-order valence-electron chi connectivity index (χ4n) is 5.13. The first-order valence-corrected chi connectivity index (χ1v) is 12.8. The van der Waals surface area contributed by atoms with Crippen LogP contribution in [0.25, 0.3) is 21.9 Å². The van der Waals surface area contributed by atoms with Crippen molar-refractivity contribution in [2.24, 2.45) is 0 Å². The van der Waals surface area contributed by atoms with Crippen LogP contribution in [-0.4, -0.2) is 35.4 Å². The van der Waals surface area contributed by atoms with Gasteiger partial charge >= 0.3 is 12.1 Å². The number of carboxylic acid groups (broad SMARTS) is 1. The Labute approximate surface area is 222 Å². The van der Waals surface area contributed by atoms with Gasteiger partial charge in [-0.25, -0.2) is 9.59 Å². The van der Waals surface area contributed by atoms with Crippen LogP contribution in [0.4, 0.5) is 4.79 Å². The summed E-state index contributed by atoms with van der Waals surface area (Å²) in [4.78, 5) is 24.9. The van der Waals surface area contributed by atoms with Crippen molar-refractivity contribution in [2.45, 2.75) is 44.8 Å². The molecule has 0 saturated heterocycles. The minimum Gasteiger partial charge on any atom is -0.488 e. The molecule has 1 atom stereocenters. The lowest BCUT2D eigenvalue weighted by Gasteiger charge is -2.23. The number of fused-ring (bicyclic) bond motifs is 4. The third-order valence-corrected chi connectivity index (χ3v) is 6.75. The maximum absolute atomic E-state index is 12.8. The van der Waals surface area contributed by atoms with Gasteiger partial charge in [0, 0.05) is 17.7 Å². The second-order valence-corrected chi connectivity index (χ2v) is 10.5. The zero-order valence-corrected chi connectivity index (χ0v) is 21.7. The number of amides is 1. The van der Waals surface area contributed by atoms with Crippen molar-refractivity contribution < 1.29 is 24.2 Å². The highest BCUT2D eigenvalue weighted by Crippen LogP contribution is 2.44. The average molecular weight is 510 g/mol. The Kier molecular flexibility index (Phi) is 6.81. The fourth-order valence-corrected chi connectivity index (χ4v) is 5.13. The summed E-state index contributed by atoms with van der Waals surface area (Å²) in [5, 5.41) is 14.2. The molecule has 1 amide bonds. The molecule has 0 bridgehead atoms. The lowest BCUT2D eigenvalue weighted by atomic mass is 9.97. The molecule has 38 heavy (non-hydrogen) atoms. The standard InChI is InChI=1S/C32H31NO5/c1-32(2,3)38-29-17-16-20(21-10-4-9-15-26(21)29)18-28(30(34)35)33-31(36)37-19-27-24-13-7-5-11-22(24)23-12-6-8-14-25(23)27/h4-17,27-28H,18-19H2,1-3H3,(H,33,36)(H,34,35)/t28-/m1/s1. The Bertz CT molecular complexity index is 1460. The lowest BCUT2D eigenvalue weighted by molar-refractivity contribution is -0.139. The maximum atomic E-state index is 12.8. The number of ether oxygens (including phenoxy) is 2. The summed E-state index contributed by atoms with van der Waals surface area (Å²) in [5.74, 6) is -0.499. The molecule has 6 heteroatoms. The zero-order chi connectivity index (χ0) is 26.9. The predicted octanol–water partition coefficient (Wildman–Crippen LogP) is 6.55. The summed E-state index contributed by atoms with van der Waals surface area (Å²) in [6.07, 6.45) is -0.646. The average Bonchev–Trinajstić information content (AvgIpc) is 3.21. The van der Waals surface area contributed by atoms with Crippen LogP contribution >= 0.6 is 0 Å². The number of alkyl carbamates (subject to hydrolysis) is 1. The Morgan fingerprint density at radius 1 is 0.842 bits per heavy atom. The van der Waals surface area contributed by atoms with Crippen LogP contribution in [0.1, 0.15) is 43.4 Å². The topological polar surface area (TPSA) is 84.9 Å². The molecule has 194 valence electrons. The highest BCUT2D eigenvalue weighted by atomic mass is 16.5. The van der Waals surface area contributed by atoms with Gasteiger partial charge < -0.3 is 19.9 Å². The van der Waals surface area contributed by atoms with Crippen LogP contribution in [-0.2, 0) is 16.0 Å². The molecule has 0 radical (unpaired) electrons. The number of hydrogen-bond donors (Lipinski definition) is 2. The number of nitrogens with one attached hydrogen (secondary N) is 1. The van der Waals surface area contributed by atoms with Crippen molar-refractivity contribution in [2.75, 3.05) is 6.61 Å². The monoisotopic (exact) mass is 509 g/mol. The maximum Gasteiger partial charge on any atom is 0.407 e. The number of rotatable bonds is 7. The van der Waals surface area contributed by atoms with Crippen LogP contribution in [0.15, 0.2) is 84.9 Å². The molecule has 6 nitrogen and oxygen atoms in total. The van der Waals surface area contributed by atoms with Crippen LogP contribution < -0.4 is 10.1 Å². The van der Waals surface area contributed by atoms with Crippen LogP contribution in [0.2, 0.25) is 0 Å². The summed E-state index contributed by atoms with van der Waals surface area (Å²) in [6, 6.07) is 26.4. The molecule has 0 spiro atoms. The van der Waals surface area contributed by atoms with Gasteiger partial charge in [-0.3, -0.25) is 0 Å². The van der Waals surface area contributed by atoms with Gasteiger partial charge in [0.25, 0.3) is 0 Å². The van der Waals surface area contributed by atoms with E-state index in [0.29, 0.717) is 0 Å². The van der Waals surface area contributed by atoms with Crippen LogP contribution in [0, 0.1) is 0 Å². The third kappa shape index (κ3) is 5.21. The fraction of sp³-hybridized carbons (Fsp3) is 0.250. The first-order chi connectivity index (χ1) is 18.2. The zero-order valence-electron chi connectivity index (χ0n) is 21.7. The van der Waals surface area contributed by atoms with Crippen molar-refractivity contribution in [3.05, 3.63) is 102 Å². The second kappa shape index (κ2) is 10.2. The van der Waals surface area contributed by atoms with E-state index in [1.54, 1.807) is 0 Å². The molecule has 0 fully saturated rings. The van der Waals surface area contributed by atoms with Gasteiger partial charge in [0.1, 0.15) is 24.0 Å². The first-order valence-electron chi connectivity index (χ1n) is 12.8. The summed E-state index contributed by atoms with van der Waals surface area (Å²) in [5.41, 5.74) is 4.88. The Balaban J connectivity index is 1.31. The van der Waals surface area contributed by atoms with Gasteiger partial charge in [-0.15, -0.1) is 0 Å². The Morgan fingerprint density at radius 3 is 2.03 bits per heavy atom. The predicted molar refractivity (Wildman–Crippen MR) is 148 cm³/mol. The van der Waals surface area contributed by atoms with Gasteiger partial charge in [0.15, 0.2) is 0 Å². The highest BCUT2D eigenvalue weighted by molar-refractivity contribution is 5.92.